The van der Waals surface area contributed by atoms with E-state index in [4.69, 9.17) is 9.84 Å². The molecule has 1 saturated heterocycles. The quantitative estimate of drug-likeness (QED) is 0.906. The van der Waals surface area contributed by atoms with Gasteiger partial charge in [-0.05, 0) is 22.0 Å². The fourth-order valence-electron chi connectivity index (χ4n) is 1.54. The number of rotatable bonds is 2. The van der Waals surface area contributed by atoms with Gasteiger partial charge in [-0.2, -0.15) is 0 Å². The number of thiophene rings is 1. The van der Waals surface area contributed by atoms with Gasteiger partial charge in [0.25, 0.3) is 0 Å². The summed E-state index contributed by atoms with van der Waals surface area (Å²) in [6, 6.07) is 1.86. The normalized spacial score (nSPS) is 16.7. The summed E-state index contributed by atoms with van der Waals surface area (Å²) in [5.74, 6) is -0.868. The van der Waals surface area contributed by atoms with E-state index in [0.29, 0.717) is 18.1 Å². The molecule has 1 aliphatic rings. The van der Waals surface area contributed by atoms with Crippen molar-refractivity contribution in [2.45, 2.75) is 0 Å². The Morgan fingerprint density at radius 1 is 1.53 bits per heavy atom. The Bertz CT molecular complexity index is 373. The number of halogens is 1. The number of anilines is 1. The third kappa shape index (κ3) is 2.32. The van der Waals surface area contributed by atoms with Crippen molar-refractivity contribution in [3.8, 4) is 0 Å². The monoisotopic (exact) mass is 291 g/mol. The first-order valence-electron chi connectivity index (χ1n) is 4.54. The van der Waals surface area contributed by atoms with E-state index in [1.165, 1.54) is 11.3 Å². The van der Waals surface area contributed by atoms with Gasteiger partial charge in [-0.3, -0.25) is 0 Å². The third-order valence-corrected chi connectivity index (χ3v) is 3.84. The maximum absolute atomic E-state index is 11.0. The zero-order valence-electron chi connectivity index (χ0n) is 7.90. The molecule has 2 heterocycles. The van der Waals surface area contributed by atoms with Crippen LogP contribution in [0.1, 0.15) is 9.67 Å². The summed E-state index contributed by atoms with van der Waals surface area (Å²) in [5.41, 5.74) is 0.794. The Balaban J connectivity index is 2.28. The van der Waals surface area contributed by atoms with Gasteiger partial charge in [-0.25, -0.2) is 4.79 Å². The van der Waals surface area contributed by atoms with Crippen molar-refractivity contribution < 1.29 is 14.6 Å². The molecule has 1 N–H and O–H groups in total. The minimum atomic E-state index is -0.868. The van der Waals surface area contributed by atoms with Gasteiger partial charge in [0.15, 0.2) is 0 Å². The van der Waals surface area contributed by atoms with E-state index in [1.54, 1.807) is 0 Å². The zero-order chi connectivity index (χ0) is 10.8. The Morgan fingerprint density at radius 2 is 2.20 bits per heavy atom. The third-order valence-electron chi connectivity index (χ3n) is 2.23. The van der Waals surface area contributed by atoms with Crippen molar-refractivity contribution in [2.24, 2.45) is 0 Å². The zero-order valence-corrected chi connectivity index (χ0v) is 10.3. The number of ether oxygens (including phenoxy) is 1. The van der Waals surface area contributed by atoms with E-state index in [1.807, 2.05) is 11.0 Å². The number of aromatic carboxylic acids is 1. The highest BCUT2D eigenvalue weighted by Crippen LogP contribution is 2.34. The summed E-state index contributed by atoms with van der Waals surface area (Å²) in [6.07, 6.45) is 0. The van der Waals surface area contributed by atoms with Crippen LogP contribution in [0.3, 0.4) is 0 Å². The second-order valence-electron chi connectivity index (χ2n) is 3.17. The van der Waals surface area contributed by atoms with Gasteiger partial charge in [-0.1, -0.05) is 0 Å². The number of carboxylic acid groups (broad SMARTS) is 1. The molecule has 82 valence electrons. The number of nitrogens with zero attached hydrogens (tertiary/aromatic N) is 1. The molecular formula is C9H10BrNO3S. The molecule has 1 aliphatic heterocycles. The van der Waals surface area contributed by atoms with E-state index in [2.05, 4.69) is 15.9 Å². The van der Waals surface area contributed by atoms with E-state index in [9.17, 15) is 4.79 Å². The molecule has 0 spiro atoms. The summed E-state index contributed by atoms with van der Waals surface area (Å²) in [4.78, 5) is 13.5. The molecule has 0 amide bonds. The topological polar surface area (TPSA) is 49.8 Å². The van der Waals surface area contributed by atoms with Gasteiger partial charge in [0, 0.05) is 13.1 Å². The number of carboxylic acids is 1. The lowest BCUT2D eigenvalue weighted by Gasteiger charge is -2.28. The van der Waals surface area contributed by atoms with Crippen LogP contribution in [0.2, 0.25) is 0 Å². The minimum absolute atomic E-state index is 0.392. The Hall–Kier alpha value is -0.590. The molecule has 0 bridgehead atoms. The average Bonchev–Trinajstić information content (AvgIpc) is 2.62. The van der Waals surface area contributed by atoms with Gasteiger partial charge in [0.1, 0.15) is 4.88 Å². The smallest absolute Gasteiger partial charge is 0.348 e. The molecule has 1 aromatic heterocycles. The van der Waals surface area contributed by atoms with E-state index < -0.39 is 5.97 Å². The largest absolute Gasteiger partial charge is 0.477 e. The second-order valence-corrected chi connectivity index (χ2v) is 5.60. The molecule has 1 aromatic rings. The molecule has 1 fully saturated rings. The molecule has 0 aromatic carbocycles. The maximum Gasteiger partial charge on any atom is 0.348 e. The number of hydrogen-bond acceptors (Lipinski definition) is 4. The van der Waals surface area contributed by atoms with Crippen molar-refractivity contribution in [3.63, 3.8) is 0 Å². The fourth-order valence-corrected chi connectivity index (χ4v) is 2.99. The summed E-state index contributed by atoms with van der Waals surface area (Å²) >= 11 is 4.57. The SMILES string of the molecule is O=C(O)c1sc(Br)cc1N1CCOCC1. The number of morpholine rings is 1. The van der Waals surface area contributed by atoms with Crippen LogP contribution in [0.25, 0.3) is 0 Å². The lowest BCUT2D eigenvalue weighted by Crippen LogP contribution is -2.36. The highest BCUT2D eigenvalue weighted by Gasteiger charge is 2.21. The van der Waals surface area contributed by atoms with E-state index in [0.717, 1.165) is 22.6 Å². The van der Waals surface area contributed by atoms with Gasteiger partial charge in [0.05, 0.1) is 22.7 Å². The fraction of sp³-hybridized carbons (Fsp3) is 0.444. The maximum atomic E-state index is 11.0. The molecule has 0 unspecified atom stereocenters. The van der Waals surface area contributed by atoms with Crippen LogP contribution < -0.4 is 4.90 Å². The van der Waals surface area contributed by atoms with Crippen LogP contribution in [0.4, 0.5) is 5.69 Å². The van der Waals surface area contributed by atoms with Crippen LogP contribution in [0.5, 0.6) is 0 Å². The van der Waals surface area contributed by atoms with Crippen molar-refractivity contribution in [3.05, 3.63) is 14.7 Å². The Morgan fingerprint density at radius 3 is 2.80 bits per heavy atom. The molecule has 0 radical (unpaired) electrons. The number of carbonyl (C=O) groups is 1. The second kappa shape index (κ2) is 4.51. The molecule has 4 nitrogen and oxygen atoms in total. The first kappa shape index (κ1) is 10.9. The van der Waals surface area contributed by atoms with E-state index >= 15 is 0 Å². The minimum Gasteiger partial charge on any atom is -0.477 e. The van der Waals surface area contributed by atoms with Crippen LogP contribution in [-0.4, -0.2) is 37.4 Å². The summed E-state index contributed by atoms with van der Waals surface area (Å²) in [7, 11) is 0. The molecule has 6 heteroatoms. The van der Waals surface area contributed by atoms with Crippen molar-refractivity contribution in [1.82, 2.24) is 0 Å². The first-order chi connectivity index (χ1) is 7.18. The lowest BCUT2D eigenvalue weighted by molar-refractivity contribution is 0.0701. The van der Waals surface area contributed by atoms with Crippen LogP contribution in [-0.2, 0) is 4.74 Å². The van der Waals surface area contributed by atoms with Gasteiger partial charge < -0.3 is 14.7 Å². The highest BCUT2D eigenvalue weighted by atomic mass is 79.9. The van der Waals surface area contributed by atoms with Crippen LogP contribution in [0.15, 0.2) is 9.85 Å². The van der Waals surface area contributed by atoms with Crippen molar-refractivity contribution in [2.75, 3.05) is 31.2 Å². The van der Waals surface area contributed by atoms with Crippen molar-refractivity contribution in [1.29, 1.82) is 0 Å². The average molecular weight is 292 g/mol. The molecule has 0 saturated carbocycles. The molecule has 0 atom stereocenters. The first-order valence-corrected chi connectivity index (χ1v) is 6.15. The summed E-state index contributed by atoms with van der Waals surface area (Å²) in [5, 5.41) is 9.04. The molecular weight excluding hydrogens is 282 g/mol. The van der Waals surface area contributed by atoms with Gasteiger partial charge in [-0.15, -0.1) is 11.3 Å². The van der Waals surface area contributed by atoms with Crippen LogP contribution >= 0.6 is 27.3 Å². The standard InChI is InChI=1S/C9H10BrNO3S/c10-7-5-6(8(15-7)9(12)13)11-1-3-14-4-2-11/h5H,1-4H2,(H,12,13). The van der Waals surface area contributed by atoms with Gasteiger partial charge >= 0.3 is 5.97 Å². The molecule has 2 rings (SSSR count). The summed E-state index contributed by atoms with van der Waals surface area (Å²) in [6.45, 7) is 2.83. The van der Waals surface area contributed by atoms with Gasteiger partial charge in [0.2, 0.25) is 0 Å². The summed E-state index contributed by atoms with van der Waals surface area (Å²) < 4.78 is 6.08. The molecule has 0 aliphatic carbocycles. The Labute approximate surface area is 99.6 Å². The molecule has 15 heavy (non-hydrogen) atoms. The lowest BCUT2D eigenvalue weighted by atomic mass is 10.3. The predicted molar refractivity (Wildman–Crippen MR) is 62.0 cm³/mol. The highest BCUT2D eigenvalue weighted by molar-refractivity contribution is 9.11. The predicted octanol–water partition coefficient (Wildman–Crippen LogP) is 2.05. The Kier molecular flexibility index (Phi) is 3.28. The van der Waals surface area contributed by atoms with Crippen molar-refractivity contribution >= 4 is 38.9 Å². The number of hydrogen-bond donors (Lipinski definition) is 1. The van der Waals surface area contributed by atoms with Crippen LogP contribution in [0, 0.1) is 0 Å². The van der Waals surface area contributed by atoms with E-state index in [-0.39, 0.29) is 0 Å².